The molecule has 0 fully saturated rings. The van der Waals surface area contributed by atoms with Crippen LogP contribution in [0.2, 0.25) is 5.02 Å². The van der Waals surface area contributed by atoms with Gasteiger partial charge in [0.25, 0.3) is 0 Å². The number of nitrogen functional groups attached to an aromatic ring is 1. The quantitative estimate of drug-likeness (QED) is 0.830. The zero-order valence-corrected chi connectivity index (χ0v) is 12.8. The van der Waals surface area contributed by atoms with Gasteiger partial charge in [0.1, 0.15) is 0 Å². The van der Waals surface area contributed by atoms with Gasteiger partial charge in [-0.3, -0.25) is 0 Å². The van der Waals surface area contributed by atoms with E-state index >= 15 is 0 Å². The smallest absolute Gasteiger partial charge is 0.399 e. The molecule has 2 rings (SSSR count). The van der Waals surface area contributed by atoms with E-state index in [4.69, 9.17) is 22.1 Å². The zero-order valence-electron chi connectivity index (χ0n) is 12.0. The lowest BCUT2D eigenvalue weighted by Crippen LogP contribution is -2.45. The second-order valence-corrected chi connectivity index (χ2v) is 5.40. The lowest BCUT2D eigenvalue weighted by molar-refractivity contribution is -0.258. The first kappa shape index (κ1) is 16.6. The maximum absolute atomic E-state index is 13.9. The van der Waals surface area contributed by atoms with Crippen LogP contribution in [0.3, 0.4) is 0 Å². The Morgan fingerprint density at radius 3 is 2.00 bits per heavy atom. The van der Waals surface area contributed by atoms with Crippen LogP contribution in [0.5, 0.6) is 0 Å². The van der Waals surface area contributed by atoms with Gasteiger partial charge in [-0.1, -0.05) is 35.9 Å². The third-order valence-electron chi connectivity index (χ3n) is 3.63. The molecule has 1 atom stereocenters. The van der Waals surface area contributed by atoms with Gasteiger partial charge in [0.05, 0.1) is 0 Å². The molecular weight excluding hydrogens is 315 g/mol. The van der Waals surface area contributed by atoms with Gasteiger partial charge < -0.3 is 10.5 Å². The Hall–Kier alpha value is -1.72. The molecule has 0 aliphatic rings. The average Bonchev–Trinajstić information content (AvgIpc) is 2.44. The number of alkyl halides is 3. The summed E-state index contributed by atoms with van der Waals surface area (Å²) in [4.78, 5) is 0. The first-order chi connectivity index (χ1) is 10.2. The van der Waals surface area contributed by atoms with Crippen LogP contribution in [0, 0.1) is 6.92 Å². The normalized spacial score (nSPS) is 14.6. The minimum atomic E-state index is -4.65. The fraction of sp³-hybridized carbons (Fsp3) is 0.250. The lowest BCUT2D eigenvalue weighted by atomic mass is 9.84. The second-order valence-electron chi connectivity index (χ2n) is 4.96. The molecule has 118 valence electrons. The van der Waals surface area contributed by atoms with E-state index in [9.17, 15) is 13.2 Å². The summed E-state index contributed by atoms with van der Waals surface area (Å²) in [6.07, 6.45) is -4.65. The van der Waals surface area contributed by atoms with Crippen molar-refractivity contribution in [1.82, 2.24) is 0 Å². The Morgan fingerprint density at radius 2 is 1.55 bits per heavy atom. The summed E-state index contributed by atoms with van der Waals surface area (Å²) in [6, 6.07) is 9.59. The highest BCUT2D eigenvalue weighted by atomic mass is 35.5. The summed E-state index contributed by atoms with van der Waals surface area (Å²) in [5.41, 5.74) is 4.03. The van der Waals surface area contributed by atoms with Crippen LogP contribution in [0.1, 0.15) is 16.7 Å². The number of aryl methyl sites for hydroxylation is 1. The van der Waals surface area contributed by atoms with Crippen molar-refractivity contribution in [2.75, 3.05) is 12.8 Å². The second kappa shape index (κ2) is 5.82. The zero-order chi connectivity index (χ0) is 16.5. The Kier molecular flexibility index (Phi) is 4.40. The number of methoxy groups -OCH3 is 1. The fourth-order valence-corrected chi connectivity index (χ4v) is 2.55. The van der Waals surface area contributed by atoms with E-state index in [0.29, 0.717) is 16.3 Å². The number of hydrogen-bond donors (Lipinski definition) is 1. The van der Waals surface area contributed by atoms with Crippen molar-refractivity contribution in [3.8, 4) is 0 Å². The van der Waals surface area contributed by atoms with Gasteiger partial charge in [0, 0.05) is 17.8 Å². The largest absolute Gasteiger partial charge is 0.425 e. The van der Waals surface area contributed by atoms with E-state index in [0.717, 1.165) is 7.11 Å². The molecule has 0 aliphatic carbocycles. The highest BCUT2D eigenvalue weighted by Gasteiger charge is 2.58. The van der Waals surface area contributed by atoms with Gasteiger partial charge in [-0.15, -0.1) is 0 Å². The van der Waals surface area contributed by atoms with Crippen molar-refractivity contribution >= 4 is 17.3 Å². The molecule has 0 radical (unpaired) electrons. The van der Waals surface area contributed by atoms with Crippen LogP contribution in [0.25, 0.3) is 0 Å². The summed E-state index contributed by atoms with van der Waals surface area (Å²) in [5, 5.41) is 0.351. The topological polar surface area (TPSA) is 35.2 Å². The van der Waals surface area contributed by atoms with E-state index in [-0.39, 0.29) is 11.1 Å². The minimum absolute atomic E-state index is 0.0310. The molecule has 0 aliphatic heterocycles. The van der Waals surface area contributed by atoms with E-state index in [1.54, 1.807) is 6.92 Å². The van der Waals surface area contributed by atoms with Crippen LogP contribution in [0.15, 0.2) is 42.5 Å². The molecule has 6 heteroatoms. The predicted octanol–water partition coefficient (Wildman–Crippen LogP) is 4.68. The molecule has 2 aromatic carbocycles. The van der Waals surface area contributed by atoms with Crippen molar-refractivity contribution < 1.29 is 17.9 Å². The van der Waals surface area contributed by atoms with Crippen LogP contribution in [-0.4, -0.2) is 13.3 Å². The van der Waals surface area contributed by atoms with Gasteiger partial charge >= 0.3 is 6.18 Å². The number of benzene rings is 2. The van der Waals surface area contributed by atoms with Gasteiger partial charge in [0.15, 0.2) is 0 Å². The summed E-state index contributed by atoms with van der Waals surface area (Å²) >= 11 is 5.77. The Morgan fingerprint density at radius 1 is 1.00 bits per heavy atom. The maximum atomic E-state index is 13.9. The monoisotopic (exact) mass is 329 g/mol. The van der Waals surface area contributed by atoms with Crippen LogP contribution < -0.4 is 5.73 Å². The summed E-state index contributed by atoms with van der Waals surface area (Å²) in [5.74, 6) is 0. The molecule has 0 spiro atoms. The molecule has 2 aromatic rings. The number of rotatable bonds is 3. The third kappa shape index (κ3) is 2.66. The SMILES string of the molecule is COC(c1ccc(Cl)cc1)(c1ccc(N)c(C)c1)C(F)(F)F. The summed E-state index contributed by atoms with van der Waals surface area (Å²) < 4.78 is 46.7. The molecule has 2 N–H and O–H groups in total. The summed E-state index contributed by atoms with van der Waals surface area (Å²) in [7, 11) is 1.04. The third-order valence-corrected chi connectivity index (χ3v) is 3.88. The first-order valence-corrected chi connectivity index (χ1v) is 6.84. The van der Waals surface area contributed by atoms with E-state index in [1.807, 2.05) is 0 Å². The molecule has 0 amide bonds. The number of hydrogen-bond acceptors (Lipinski definition) is 2. The van der Waals surface area contributed by atoms with Crippen LogP contribution in [-0.2, 0) is 10.3 Å². The van der Waals surface area contributed by atoms with Crippen molar-refractivity contribution in [1.29, 1.82) is 0 Å². The molecule has 0 bridgehead atoms. The maximum Gasteiger partial charge on any atom is 0.425 e. The van der Waals surface area contributed by atoms with Crippen molar-refractivity contribution in [2.24, 2.45) is 0 Å². The highest BCUT2D eigenvalue weighted by molar-refractivity contribution is 6.30. The van der Waals surface area contributed by atoms with Crippen molar-refractivity contribution in [2.45, 2.75) is 18.7 Å². The average molecular weight is 330 g/mol. The molecule has 1 unspecified atom stereocenters. The highest BCUT2D eigenvalue weighted by Crippen LogP contribution is 2.47. The molecule has 0 heterocycles. The standard InChI is InChI=1S/C16H15ClF3NO/c1-10-9-12(5-8-14(10)21)15(22-2,16(18,19)20)11-3-6-13(17)7-4-11/h3-9H,21H2,1-2H3. The van der Waals surface area contributed by atoms with Gasteiger partial charge in [-0.2, -0.15) is 13.2 Å². The first-order valence-electron chi connectivity index (χ1n) is 6.47. The van der Waals surface area contributed by atoms with Crippen LogP contribution >= 0.6 is 11.6 Å². The molecule has 22 heavy (non-hydrogen) atoms. The summed E-state index contributed by atoms with van der Waals surface area (Å²) in [6.45, 7) is 1.65. The predicted molar refractivity (Wildman–Crippen MR) is 80.9 cm³/mol. The number of anilines is 1. The minimum Gasteiger partial charge on any atom is -0.399 e. The van der Waals surface area contributed by atoms with Crippen LogP contribution in [0.4, 0.5) is 18.9 Å². The van der Waals surface area contributed by atoms with Gasteiger partial charge in [-0.25, -0.2) is 0 Å². The van der Waals surface area contributed by atoms with E-state index in [2.05, 4.69) is 0 Å². The fourth-order valence-electron chi connectivity index (χ4n) is 2.42. The lowest BCUT2D eigenvalue weighted by Gasteiger charge is -2.35. The molecular formula is C16H15ClF3NO. The molecule has 0 aromatic heterocycles. The Bertz CT molecular complexity index is 670. The molecule has 0 saturated carbocycles. The molecule has 0 saturated heterocycles. The number of ether oxygens (including phenoxy) is 1. The number of halogens is 4. The van der Waals surface area contributed by atoms with E-state index < -0.39 is 11.8 Å². The molecule has 2 nitrogen and oxygen atoms in total. The van der Waals surface area contributed by atoms with Crippen molar-refractivity contribution in [3.63, 3.8) is 0 Å². The van der Waals surface area contributed by atoms with Gasteiger partial charge in [0.2, 0.25) is 5.60 Å². The van der Waals surface area contributed by atoms with Gasteiger partial charge in [-0.05, 0) is 41.8 Å². The Labute approximate surface area is 131 Å². The number of nitrogens with two attached hydrogens (primary N) is 1. The van der Waals surface area contributed by atoms with Crippen molar-refractivity contribution in [3.05, 3.63) is 64.2 Å². The van der Waals surface area contributed by atoms with E-state index in [1.165, 1.54) is 42.5 Å². The Balaban J connectivity index is 2.74.